The van der Waals surface area contributed by atoms with E-state index < -0.39 is 10.2 Å². The first kappa shape index (κ1) is 21.2. The van der Waals surface area contributed by atoms with Crippen LogP contribution in [0.3, 0.4) is 0 Å². The summed E-state index contributed by atoms with van der Waals surface area (Å²) in [5.41, 5.74) is 3.53. The van der Waals surface area contributed by atoms with Gasteiger partial charge in [-0.15, -0.1) is 0 Å². The molecular formula is C22H31N5O2S. The largest absolute Gasteiger partial charge is 0.352 e. The Bertz CT molecular complexity index is 994. The van der Waals surface area contributed by atoms with Gasteiger partial charge in [0.05, 0.1) is 0 Å². The first-order valence-corrected chi connectivity index (χ1v) is 12.1. The quantitative estimate of drug-likeness (QED) is 0.731. The van der Waals surface area contributed by atoms with Crippen LogP contribution in [-0.2, 0) is 23.2 Å². The number of nitrogens with zero attached hydrogens (tertiary/aromatic N) is 5. The molecule has 0 saturated carbocycles. The van der Waals surface area contributed by atoms with Gasteiger partial charge in [0.25, 0.3) is 10.2 Å². The molecule has 1 unspecified atom stereocenters. The van der Waals surface area contributed by atoms with E-state index in [-0.39, 0.29) is 5.92 Å². The molecule has 1 fully saturated rings. The fourth-order valence-electron chi connectivity index (χ4n) is 4.44. The van der Waals surface area contributed by atoms with Crippen molar-refractivity contribution >= 4 is 16.0 Å². The second-order valence-corrected chi connectivity index (χ2v) is 10.6. The highest BCUT2D eigenvalue weighted by atomic mass is 32.2. The van der Waals surface area contributed by atoms with E-state index in [0.29, 0.717) is 13.1 Å². The van der Waals surface area contributed by atoms with E-state index in [1.165, 1.54) is 15.4 Å². The Morgan fingerprint density at radius 2 is 1.87 bits per heavy atom. The molecule has 0 radical (unpaired) electrons. The summed E-state index contributed by atoms with van der Waals surface area (Å²) in [6, 6.07) is 10.5. The maximum Gasteiger partial charge on any atom is 0.281 e. The first-order valence-electron chi connectivity index (χ1n) is 10.7. The molecule has 0 amide bonds. The van der Waals surface area contributed by atoms with Crippen LogP contribution in [0.25, 0.3) is 0 Å². The van der Waals surface area contributed by atoms with E-state index >= 15 is 0 Å². The molecule has 2 aliphatic rings. The summed E-state index contributed by atoms with van der Waals surface area (Å²) in [6.07, 6.45) is 3.83. The minimum absolute atomic E-state index is 0.0259. The number of aryl methyl sites for hydroxylation is 1. The van der Waals surface area contributed by atoms with E-state index in [0.717, 1.165) is 56.1 Å². The molecule has 3 heterocycles. The van der Waals surface area contributed by atoms with Crippen molar-refractivity contribution in [3.8, 4) is 0 Å². The highest BCUT2D eigenvalue weighted by Crippen LogP contribution is 2.33. The smallest absolute Gasteiger partial charge is 0.281 e. The van der Waals surface area contributed by atoms with Crippen molar-refractivity contribution in [3.05, 3.63) is 53.0 Å². The molecule has 7 nitrogen and oxygen atoms in total. The number of rotatable bonds is 5. The van der Waals surface area contributed by atoms with Crippen molar-refractivity contribution < 1.29 is 8.42 Å². The molecular weight excluding hydrogens is 398 g/mol. The SMILES string of the molecule is Cc1nc(C2CCCN(S(=O)(=O)N(C)C)C2)nc2c1CCCN2Cc1ccccc1. The number of aromatic nitrogens is 2. The lowest BCUT2D eigenvalue weighted by Crippen LogP contribution is -2.45. The molecule has 1 saturated heterocycles. The molecule has 2 aromatic rings. The molecule has 30 heavy (non-hydrogen) atoms. The van der Waals surface area contributed by atoms with Crippen LogP contribution in [0.4, 0.5) is 5.82 Å². The minimum atomic E-state index is -3.42. The summed E-state index contributed by atoms with van der Waals surface area (Å²) < 4.78 is 28.1. The lowest BCUT2D eigenvalue weighted by molar-refractivity contribution is 0.293. The van der Waals surface area contributed by atoms with Crippen LogP contribution < -0.4 is 4.90 Å². The van der Waals surface area contributed by atoms with Gasteiger partial charge in [-0.25, -0.2) is 9.97 Å². The third-order valence-corrected chi connectivity index (χ3v) is 8.02. The molecule has 0 aliphatic carbocycles. The van der Waals surface area contributed by atoms with Crippen LogP contribution in [-0.4, -0.2) is 60.7 Å². The second kappa shape index (κ2) is 8.61. The molecule has 1 aromatic heterocycles. The van der Waals surface area contributed by atoms with Crippen molar-refractivity contribution in [2.24, 2.45) is 0 Å². The van der Waals surface area contributed by atoms with Gasteiger partial charge in [0.2, 0.25) is 0 Å². The van der Waals surface area contributed by atoms with Gasteiger partial charge in [-0.3, -0.25) is 0 Å². The Morgan fingerprint density at radius 1 is 1.10 bits per heavy atom. The molecule has 2 aliphatic heterocycles. The Morgan fingerprint density at radius 3 is 2.60 bits per heavy atom. The number of anilines is 1. The summed E-state index contributed by atoms with van der Waals surface area (Å²) >= 11 is 0. The average Bonchev–Trinajstić information content (AvgIpc) is 2.75. The number of benzene rings is 1. The maximum absolute atomic E-state index is 12.6. The van der Waals surface area contributed by atoms with Crippen molar-refractivity contribution in [3.63, 3.8) is 0 Å². The lowest BCUT2D eigenvalue weighted by Gasteiger charge is -2.35. The van der Waals surface area contributed by atoms with Gasteiger partial charge in [-0.05, 0) is 38.2 Å². The molecule has 1 aromatic carbocycles. The van der Waals surface area contributed by atoms with Gasteiger partial charge in [0.1, 0.15) is 11.6 Å². The zero-order valence-electron chi connectivity index (χ0n) is 18.1. The Hall–Kier alpha value is -2.03. The Labute approximate surface area is 179 Å². The monoisotopic (exact) mass is 429 g/mol. The fraction of sp³-hybridized carbons (Fsp3) is 0.545. The van der Waals surface area contributed by atoms with Gasteiger partial charge in [0, 0.05) is 57.4 Å². The predicted octanol–water partition coefficient (Wildman–Crippen LogP) is 2.72. The van der Waals surface area contributed by atoms with Crippen molar-refractivity contribution in [2.45, 2.75) is 45.1 Å². The summed E-state index contributed by atoms with van der Waals surface area (Å²) in [5.74, 6) is 1.84. The second-order valence-electron chi connectivity index (χ2n) is 8.47. The van der Waals surface area contributed by atoms with Gasteiger partial charge in [-0.1, -0.05) is 30.3 Å². The first-order chi connectivity index (χ1) is 14.4. The Balaban J connectivity index is 1.62. The summed E-state index contributed by atoms with van der Waals surface area (Å²) in [6.45, 7) is 4.87. The average molecular weight is 430 g/mol. The van der Waals surface area contributed by atoms with Gasteiger partial charge < -0.3 is 4.90 Å². The van der Waals surface area contributed by atoms with Crippen molar-refractivity contribution in [1.29, 1.82) is 0 Å². The number of hydrogen-bond donors (Lipinski definition) is 0. The van der Waals surface area contributed by atoms with Crippen LogP contribution >= 0.6 is 0 Å². The standard InChI is InChI=1S/C22H31N5O2S/c1-17-20-12-8-13-26(15-18-9-5-4-6-10-18)22(20)24-21(23-17)19-11-7-14-27(16-19)30(28,29)25(2)3/h4-6,9-10,19H,7-8,11-16H2,1-3H3. The molecule has 0 bridgehead atoms. The summed E-state index contributed by atoms with van der Waals surface area (Å²) in [4.78, 5) is 12.2. The van der Waals surface area contributed by atoms with E-state index in [1.807, 2.05) is 6.07 Å². The molecule has 8 heteroatoms. The molecule has 0 N–H and O–H groups in total. The number of piperidine rings is 1. The molecule has 162 valence electrons. The highest BCUT2D eigenvalue weighted by molar-refractivity contribution is 7.86. The highest BCUT2D eigenvalue weighted by Gasteiger charge is 2.33. The van der Waals surface area contributed by atoms with Gasteiger partial charge >= 0.3 is 0 Å². The van der Waals surface area contributed by atoms with E-state index in [2.05, 4.69) is 36.1 Å². The van der Waals surface area contributed by atoms with E-state index in [4.69, 9.17) is 9.97 Å². The van der Waals surface area contributed by atoms with Crippen molar-refractivity contribution in [1.82, 2.24) is 18.6 Å². The number of hydrogen-bond acceptors (Lipinski definition) is 5. The van der Waals surface area contributed by atoms with E-state index in [1.54, 1.807) is 18.4 Å². The third-order valence-electron chi connectivity index (χ3n) is 6.12. The third kappa shape index (κ3) is 4.22. The number of fused-ring (bicyclic) bond motifs is 1. The van der Waals surface area contributed by atoms with Crippen LogP contribution in [0.15, 0.2) is 30.3 Å². The van der Waals surface area contributed by atoms with Crippen LogP contribution in [0.5, 0.6) is 0 Å². The zero-order valence-corrected chi connectivity index (χ0v) is 18.9. The zero-order chi connectivity index (χ0) is 21.3. The maximum atomic E-state index is 12.6. The Kier molecular flexibility index (Phi) is 6.09. The fourth-order valence-corrected chi connectivity index (χ4v) is 5.63. The lowest BCUT2D eigenvalue weighted by atomic mass is 9.97. The summed E-state index contributed by atoms with van der Waals surface area (Å²) in [5, 5.41) is 0. The van der Waals surface area contributed by atoms with Crippen molar-refractivity contribution in [2.75, 3.05) is 38.6 Å². The molecule has 4 rings (SSSR count). The topological polar surface area (TPSA) is 69.6 Å². The van der Waals surface area contributed by atoms with Crippen LogP contribution in [0.1, 0.15) is 47.8 Å². The molecule has 1 atom stereocenters. The van der Waals surface area contributed by atoms with Gasteiger partial charge in [-0.2, -0.15) is 17.0 Å². The van der Waals surface area contributed by atoms with E-state index in [9.17, 15) is 8.42 Å². The minimum Gasteiger partial charge on any atom is -0.352 e. The predicted molar refractivity (Wildman–Crippen MR) is 119 cm³/mol. The molecule has 0 spiro atoms. The summed E-state index contributed by atoms with van der Waals surface area (Å²) in [7, 11) is -0.253. The normalized spacial score (nSPS) is 20.4. The van der Waals surface area contributed by atoms with Crippen LogP contribution in [0.2, 0.25) is 0 Å². The van der Waals surface area contributed by atoms with Crippen LogP contribution in [0, 0.1) is 6.92 Å². The van der Waals surface area contributed by atoms with Gasteiger partial charge in [0.15, 0.2) is 0 Å².